The van der Waals surface area contributed by atoms with E-state index in [1.165, 1.54) is 19.4 Å². The number of aliphatic imine (C=N–C) groups is 1. The number of hydrogen-bond donors (Lipinski definition) is 0. The van der Waals surface area contributed by atoms with Crippen LogP contribution in [0.15, 0.2) is 4.99 Å². The molecule has 0 aliphatic carbocycles. The first kappa shape index (κ1) is 11.6. The van der Waals surface area contributed by atoms with Crippen LogP contribution in [0.5, 0.6) is 0 Å². The second-order valence-electron chi connectivity index (χ2n) is 4.24. The monoisotopic (exact) mass is 171 g/mol. The molecule has 0 atom stereocenters. The number of unbranched alkanes of at least 4 members (excludes halogenated alkanes) is 1. The zero-order chi connectivity index (χ0) is 9.45. The molecule has 12 heavy (non-hydrogen) atoms. The van der Waals surface area contributed by atoms with Gasteiger partial charge in [0.25, 0.3) is 0 Å². The smallest absolute Gasteiger partial charge is 0.0798 e. The van der Waals surface area contributed by atoms with Gasteiger partial charge in [0, 0.05) is 13.0 Å². The van der Waals surface area contributed by atoms with E-state index in [-0.39, 0.29) is 0 Å². The van der Waals surface area contributed by atoms with Gasteiger partial charge in [-0.05, 0) is 12.6 Å². The van der Waals surface area contributed by atoms with Gasteiger partial charge in [0.15, 0.2) is 0 Å². The minimum absolute atomic E-state index is 0.996. The normalized spacial score (nSPS) is 12.7. The molecule has 2 nitrogen and oxygen atoms in total. The van der Waals surface area contributed by atoms with Gasteiger partial charge in [-0.15, -0.1) is 0 Å². The number of rotatable bonds is 6. The lowest BCUT2D eigenvalue weighted by Gasteiger charge is -2.23. The largest absolute Gasteiger partial charge is 0.331 e. The van der Waals surface area contributed by atoms with Crippen LogP contribution in [0.2, 0.25) is 0 Å². The molecule has 0 aromatic rings. The maximum Gasteiger partial charge on any atom is 0.0798 e. The van der Waals surface area contributed by atoms with Crippen molar-refractivity contribution in [1.82, 2.24) is 0 Å². The summed E-state index contributed by atoms with van der Waals surface area (Å²) in [5.74, 6) is 0. The highest BCUT2D eigenvalue weighted by molar-refractivity contribution is 5.56. The molecule has 0 bridgehead atoms. The first-order valence-corrected chi connectivity index (χ1v) is 4.85. The number of hydrogen-bond acceptors (Lipinski definition) is 1. The van der Waals surface area contributed by atoms with Crippen LogP contribution in [-0.2, 0) is 0 Å². The van der Waals surface area contributed by atoms with Crippen molar-refractivity contribution in [2.24, 2.45) is 4.99 Å². The second-order valence-corrected chi connectivity index (χ2v) is 4.24. The topological polar surface area (TPSA) is 12.4 Å². The second kappa shape index (κ2) is 6.18. The van der Waals surface area contributed by atoms with Crippen LogP contribution < -0.4 is 0 Å². The Labute approximate surface area is 76.9 Å². The third kappa shape index (κ3) is 9.63. The lowest BCUT2D eigenvalue weighted by molar-refractivity contribution is -0.870. The molecular weight excluding hydrogens is 148 g/mol. The van der Waals surface area contributed by atoms with E-state index < -0.39 is 0 Å². The van der Waals surface area contributed by atoms with Crippen molar-refractivity contribution in [3.8, 4) is 0 Å². The van der Waals surface area contributed by atoms with Gasteiger partial charge in [0.2, 0.25) is 0 Å². The van der Waals surface area contributed by atoms with Crippen LogP contribution in [0.3, 0.4) is 0 Å². The zero-order valence-electron chi connectivity index (χ0n) is 9.01. The van der Waals surface area contributed by atoms with Crippen molar-refractivity contribution in [3.63, 3.8) is 0 Å². The van der Waals surface area contributed by atoms with Crippen LogP contribution in [0, 0.1) is 0 Å². The molecule has 0 fully saturated rings. The van der Waals surface area contributed by atoms with E-state index in [2.05, 4.69) is 39.3 Å². The van der Waals surface area contributed by atoms with Crippen LogP contribution in [0.4, 0.5) is 0 Å². The molecule has 0 saturated heterocycles. The van der Waals surface area contributed by atoms with Crippen molar-refractivity contribution in [1.29, 1.82) is 0 Å². The standard InChI is InChI=1S/C10H23N2/c1-5-6-8-11-9-7-10-12(2,3)4/h8H,5-7,9-10H2,1-4H3/q+1. The van der Waals surface area contributed by atoms with E-state index in [9.17, 15) is 0 Å². The van der Waals surface area contributed by atoms with Gasteiger partial charge >= 0.3 is 0 Å². The average Bonchev–Trinajstić information content (AvgIpc) is 1.94. The molecule has 0 spiro atoms. The Morgan fingerprint density at radius 2 is 1.92 bits per heavy atom. The van der Waals surface area contributed by atoms with Gasteiger partial charge in [-0.3, -0.25) is 4.99 Å². The number of nitrogens with zero attached hydrogens (tertiary/aromatic N) is 2. The SMILES string of the molecule is CCCC=NCCC[N+](C)(C)C. The first-order valence-electron chi connectivity index (χ1n) is 4.85. The van der Waals surface area contributed by atoms with Crippen molar-refractivity contribution < 1.29 is 4.48 Å². The molecule has 0 radical (unpaired) electrons. The fourth-order valence-electron chi connectivity index (χ4n) is 0.948. The summed E-state index contributed by atoms with van der Waals surface area (Å²) in [6.07, 6.45) is 5.59. The van der Waals surface area contributed by atoms with E-state index >= 15 is 0 Å². The third-order valence-electron chi connectivity index (χ3n) is 1.66. The molecule has 72 valence electrons. The summed E-state index contributed by atoms with van der Waals surface area (Å²) in [5.41, 5.74) is 0. The first-order chi connectivity index (χ1) is 5.56. The average molecular weight is 171 g/mol. The maximum absolute atomic E-state index is 4.33. The molecular formula is C10H23N2+. The van der Waals surface area contributed by atoms with Gasteiger partial charge in [0.1, 0.15) is 0 Å². The van der Waals surface area contributed by atoms with E-state index in [4.69, 9.17) is 0 Å². The van der Waals surface area contributed by atoms with Crippen molar-refractivity contribution in [3.05, 3.63) is 0 Å². The predicted octanol–water partition coefficient (Wildman–Crippen LogP) is 1.95. The molecule has 0 N–H and O–H groups in total. The maximum atomic E-state index is 4.33. The minimum atomic E-state index is 0.996. The fraction of sp³-hybridized carbons (Fsp3) is 0.900. The molecule has 2 heteroatoms. The highest BCUT2D eigenvalue weighted by atomic mass is 15.3. The summed E-state index contributed by atoms with van der Waals surface area (Å²) in [4.78, 5) is 4.33. The summed E-state index contributed by atoms with van der Waals surface area (Å²) in [7, 11) is 6.65. The predicted molar refractivity (Wildman–Crippen MR) is 55.8 cm³/mol. The van der Waals surface area contributed by atoms with E-state index in [1.807, 2.05) is 0 Å². The minimum Gasteiger partial charge on any atom is -0.331 e. The molecule has 0 rings (SSSR count). The zero-order valence-corrected chi connectivity index (χ0v) is 9.01. The third-order valence-corrected chi connectivity index (χ3v) is 1.66. The summed E-state index contributed by atoms with van der Waals surface area (Å²) in [6, 6.07) is 0. The van der Waals surface area contributed by atoms with Crippen LogP contribution in [-0.4, -0.2) is 44.9 Å². The molecule has 0 saturated carbocycles. The molecule has 0 aromatic heterocycles. The molecule has 0 heterocycles. The fourth-order valence-corrected chi connectivity index (χ4v) is 0.948. The van der Waals surface area contributed by atoms with Gasteiger partial charge in [-0.1, -0.05) is 13.3 Å². The number of quaternary nitrogens is 1. The lowest BCUT2D eigenvalue weighted by Crippen LogP contribution is -2.35. The summed E-state index contributed by atoms with van der Waals surface area (Å²) < 4.78 is 1.04. The van der Waals surface area contributed by atoms with Crippen LogP contribution in [0.1, 0.15) is 26.2 Å². The Morgan fingerprint density at radius 1 is 1.25 bits per heavy atom. The van der Waals surface area contributed by atoms with Gasteiger partial charge in [-0.2, -0.15) is 0 Å². The molecule has 0 aliphatic rings. The van der Waals surface area contributed by atoms with E-state index in [0.29, 0.717) is 0 Å². The molecule has 0 amide bonds. The van der Waals surface area contributed by atoms with E-state index in [0.717, 1.165) is 17.4 Å². The molecule has 0 aromatic carbocycles. The highest BCUT2D eigenvalue weighted by Crippen LogP contribution is 1.93. The Kier molecular flexibility index (Phi) is 5.99. The van der Waals surface area contributed by atoms with Gasteiger partial charge < -0.3 is 4.48 Å². The lowest BCUT2D eigenvalue weighted by atomic mass is 10.3. The van der Waals surface area contributed by atoms with Gasteiger partial charge in [0.05, 0.1) is 27.7 Å². The van der Waals surface area contributed by atoms with Gasteiger partial charge in [-0.25, -0.2) is 0 Å². The quantitative estimate of drug-likeness (QED) is 0.329. The van der Waals surface area contributed by atoms with E-state index in [1.54, 1.807) is 0 Å². The molecule has 0 unspecified atom stereocenters. The van der Waals surface area contributed by atoms with Crippen molar-refractivity contribution >= 4 is 6.21 Å². The summed E-state index contributed by atoms with van der Waals surface area (Å²) >= 11 is 0. The Morgan fingerprint density at radius 3 is 2.42 bits per heavy atom. The summed E-state index contributed by atoms with van der Waals surface area (Å²) in [5, 5.41) is 0. The Bertz CT molecular complexity index is 122. The van der Waals surface area contributed by atoms with Crippen LogP contribution >= 0.6 is 0 Å². The van der Waals surface area contributed by atoms with Crippen molar-refractivity contribution in [2.75, 3.05) is 34.2 Å². The molecule has 0 aliphatic heterocycles. The van der Waals surface area contributed by atoms with Crippen molar-refractivity contribution in [2.45, 2.75) is 26.2 Å². The Hall–Kier alpha value is -0.370. The summed E-state index contributed by atoms with van der Waals surface area (Å²) in [6.45, 7) is 4.39. The Balaban J connectivity index is 3.21. The highest BCUT2D eigenvalue weighted by Gasteiger charge is 2.03. The van der Waals surface area contributed by atoms with Crippen LogP contribution in [0.25, 0.3) is 0 Å².